The van der Waals surface area contributed by atoms with Crippen LogP contribution in [0.4, 0.5) is 0 Å². The smallest absolute Gasteiger partial charge is 0.340 e. The van der Waals surface area contributed by atoms with Crippen LogP contribution in [0.5, 0.6) is 5.75 Å². The average molecular weight is 327 g/mol. The molecule has 2 aromatic rings. The number of hydrogen-bond acceptors (Lipinski definition) is 5. The standard InChI is InChI=1S/C13H13NO5S2/c1-10-6-8-11(9-7-10)19-21(17,18)13-5-3-2-4-12(13)20(14,15)16/h2-9H,1H3,(H2,14,15,16). The molecule has 112 valence electrons. The minimum absolute atomic E-state index is 0.0878. The molecule has 0 aliphatic rings. The van der Waals surface area contributed by atoms with Gasteiger partial charge in [-0.15, -0.1) is 0 Å². The van der Waals surface area contributed by atoms with E-state index in [-0.39, 0.29) is 5.75 Å². The van der Waals surface area contributed by atoms with E-state index in [4.69, 9.17) is 9.32 Å². The van der Waals surface area contributed by atoms with Gasteiger partial charge >= 0.3 is 10.1 Å². The first-order valence-electron chi connectivity index (χ1n) is 5.83. The van der Waals surface area contributed by atoms with Crippen molar-refractivity contribution in [3.63, 3.8) is 0 Å². The van der Waals surface area contributed by atoms with Gasteiger partial charge in [0.1, 0.15) is 15.5 Å². The van der Waals surface area contributed by atoms with Crippen molar-refractivity contribution in [1.29, 1.82) is 0 Å². The number of hydrogen-bond donors (Lipinski definition) is 1. The summed E-state index contributed by atoms with van der Waals surface area (Å²) < 4.78 is 52.3. The molecule has 2 aromatic carbocycles. The van der Waals surface area contributed by atoms with Crippen molar-refractivity contribution in [3.8, 4) is 5.75 Å². The van der Waals surface area contributed by atoms with Crippen LogP contribution in [0.2, 0.25) is 0 Å². The number of aryl methyl sites for hydroxylation is 1. The van der Waals surface area contributed by atoms with Gasteiger partial charge in [0.2, 0.25) is 10.0 Å². The van der Waals surface area contributed by atoms with Crippen molar-refractivity contribution < 1.29 is 21.0 Å². The number of rotatable bonds is 4. The van der Waals surface area contributed by atoms with Crippen LogP contribution in [0, 0.1) is 6.92 Å². The summed E-state index contributed by atoms with van der Waals surface area (Å²) in [5, 5.41) is 5.02. The van der Waals surface area contributed by atoms with Crippen LogP contribution in [0.3, 0.4) is 0 Å². The van der Waals surface area contributed by atoms with Gasteiger partial charge in [-0.25, -0.2) is 13.6 Å². The third-order valence-electron chi connectivity index (χ3n) is 2.65. The highest BCUT2D eigenvalue weighted by atomic mass is 32.2. The van der Waals surface area contributed by atoms with E-state index < -0.39 is 29.9 Å². The molecule has 8 heteroatoms. The van der Waals surface area contributed by atoms with Gasteiger partial charge in [-0.2, -0.15) is 8.42 Å². The maximum atomic E-state index is 12.2. The fraction of sp³-hybridized carbons (Fsp3) is 0.0769. The van der Waals surface area contributed by atoms with E-state index in [9.17, 15) is 16.8 Å². The van der Waals surface area contributed by atoms with Crippen LogP contribution in [-0.2, 0) is 20.1 Å². The molecule has 0 saturated carbocycles. The van der Waals surface area contributed by atoms with Crippen molar-refractivity contribution in [3.05, 3.63) is 54.1 Å². The third-order valence-corrected chi connectivity index (χ3v) is 5.06. The lowest BCUT2D eigenvalue weighted by molar-refractivity contribution is 0.483. The van der Waals surface area contributed by atoms with Crippen LogP contribution in [0.1, 0.15) is 5.56 Å². The summed E-state index contributed by atoms with van der Waals surface area (Å²) in [7, 11) is -8.47. The van der Waals surface area contributed by atoms with Crippen LogP contribution in [0.15, 0.2) is 58.3 Å². The lowest BCUT2D eigenvalue weighted by atomic mass is 10.2. The maximum absolute atomic E-state index is 12.2. The zero-order valence-corrected chi connectivity index (χ0v) is 12.7. The molecule has 0 fully saturated rings. The van der Waals surface area contributed by atoms with E-state index in [2.05, 4.69) is 0 Å². The Balaban J connectivity index is 2.48. The molecule has 0 atom stereocenters. The van der Waals surface area contributed by atoms with E-state index >= 15 is 0 Å². The normalized spacial score (nSPS) is 12.1. The Morgan fingerprint density at radius 1 is 0.857 bits per heavy atom. The number of benzene rings is 2. The van der Waals surface area contributed by atoms with Gasteiger partial charge in [0, 0.05) is 0 Å². The quantitative estimate of drug-likeness (QED) is 0.855. The molecule has 6 nitrogen and oxygen atoms in total. The van der Waals surface area contributed by atoms with Crippen molar-refractivity contribution in [2.75, 3.05) is 0 Å². The first-order valence-corrected chi connectivity index (χ1v) is 8.78. The summed E-state index contributed by atoms with van der Waals surface area (Å²) in [4.78, 5) is -0.995. The summed E-state index contributed by atoms with van der Waals surface area (Å²) in [6.45, 7) is 1.84. The predicted molar refractivity (Wildman–Crippen MR) is 76.8 cm³/mol. The highest BCUT2D eigenvalue weighted by Crippen LogP contribution is 2.24. The molecule has 0 aliphatic carbocycles. The molecule has 0 bridgehead atoms. The highest BCUT2D eigenvalue weighted by molar-refractivity contribution is 7.91. The van der Waals surface area contributed by atoms with E-state index in [1.165, 1.54) is 24.3 Å². The fourth-order valence-electron chi connectivity index (χ4n) is 1.66. The molecule has 0 aliphatic heterocycles. The highest BCUT2D eigenvalue weighted by Gasteiger charge is 2.25. The molecule has 0 amide bonds. The number of sulfonamides is 1. The lowest BCUT2D eigenvalue weighted by Gasteiger charge is -2.10. The zero-order chi connectivity index (χ0) is 15.7. The minimum Gasteiger partial charge on any atom is -0.379 e. The molecular formula is C13H13NO5S2. The Kier molecular flexibility index (Phi) is 4.04. The Bertz CT molecular complexity index is 856. The molecule has 0 unspecified atom stereocenters. The second-order valence-corrected chi connectivity index (χ2v) is 7.39. The molecule has 0 saturated heterocycles. The van der Waals surface area contributed by atoms with E-state index in [0.29, 0.717) is 0 Å². The molecule has 0 radical (unpaired) electrons. The van der Waals surface area contributed by atoms with Gasteiger partial charge < -0.3 is 4.18 Å². The van der Waals surface area contributed by atoms with Gasteiger partial charge in [-0.3, -0.25) is 0 Å². The molecule has 0 aromatic heterocycles. The topological polar surface area (TPSA) is 104 Å². The fourth-order valence-corrected chi connectivity index (χ4v) is 3.94. The molecular weight excluding hydrogens is 314 g/mol. The van der Waals surface area contributed by atoms with E-state index in [1.54, 1.807) is 12.1 Å². The Labute approximate surface area is 123 Å². The van der Waals surface area contributed by atoms with Crippen LogP contribution in [0.25, 0.3) is 0 Å². The number of nitrogens with two attached hydrogens (primary N) is 1. The second-order valence-electron chi connectivity index (χ2n) is 4.34. The predicted octanol–water partition coefficient (Wildman–Crippen LogP) is 1.41. The SMILES string of the molecule is Cc1ccc(OS(=O)(=O)c2ccccc2S(N)(=O)=O)cc1. The van der Waals surface area contributed by atoms with Gasteiger partial charge in [0.15, 0.2) is 0 Å². The monoisotopic (exact) mass is 327 g/mol. The summed E-state index contributed by atoms with van der Waals surface area (Å²) in [5.41, 5.74) is 0.935. The van der Waals surface area contributed by atoms with Crippen LogP contribution >= 0.6 is 0 Å². The van der Waals surface area contributed by atoms with E-state index in [0.717, 1.165) is 17.7 Å². The summed E-state index contributed by atoms with van der Waals surface area (Å²) in [6, 6.07) is 11.3. The molecule has 0 spiro atoms. The largest absolute Gasteiger partial charge is 0.379 e. The number of primary sulfonamides is 1. The van der Waals surface area contributed by atoms with Gasteiger partial charge in [-0.05, 0) is 31.2 Å². The van der Waals surface area contributed by atoms with E-state index in [1.807, 2.05) is 6.92 Å². The minimum atomic E-state index is -4.30. The molecule has 2 rings (SSSR count). The Morgan fingerprint density at radius 3 is 1.90 bits per heavy atom. The Morgan fingerprint density at radius 2 is 1.38 bits per heavy atom. The molecule has 21 heavy (non-hydrogen) atoms. The summed E-state index contributed by atoms with van der Waals surface area (Å²) in [6.07, 6.45) is 0. The van der Waals surface area contributed by atoms with Crippen LogP contribution in [-0.4, -0.2) is 16.8 Å². The first-order chi connectivity index (χ1) is 9.70. The van der Waals surface area contributed by atoms with Crippen LogP contribution < -0.4 is 9.32 Å². The third kappa shape index (κ3) is 3.60. The van der Waals surface area contributed by atoms with Crippen molar-refractivity contribution in [2.24, 2.45) is 5.14 Å². The average Bonchev–Trinajstić information content (AvgIpc) is 2.40. The zero-order valence-electron chi connectivity index (χ0n) is 11.1. The maximum Gasteiger partial charge on any atom is 0.340 e. The van der Waals surface area contributed by atoms with Crippen molar-refractivity contribution >= 4 is 20.1 Å². The lowest BCUT2D eigenvalue weighted by Crippen LogP contribution is -2.19. The second kappa shape index (κ2) is 5.47. The summed E-state index contributed by atoms with van der Waals surface area (Å²) in [5.74, 6) is 0.0878. The van der Waals surface area contributed by atoms with Gasteiger partial charge in [0.05, 0.1) is 0 Å². The molecule has 0 heterocycles. The van der Waals surface area contributed by atoms with Crippen molar-refractivity contribution in [2.45, 2.75) is 16.7 Å². The Hall–Kier alpha value is -1.90. The first kappa shape index (κ1) is 15.5. The van der Waals surface area contributed by atoms with Gasteiger partial charge in [-0.1, -0.05) is 29.8 Å². The van der Waals surface area contributed by atoms with Crippen molar-refractivity contribution in [1.82, 2.24) is 0 Å². The summed E-state index contributed by atoms with van der Waals surface area (Å²) >= 11 is 0. The molecule has 2 N–H and O–H groups in total. The van der Waals surface area contributed by atoms with Gasteiger partial charge in [0.25, 0.3) is 0 Å².